The minimum absolute atomic E-state index is 0.0573. The van der Waals surface area contributed by atoms with Gasteiger partial charge in [0.1, 0.15) is 6.33 Å². The van der Waals surface area contributed by atoms with Gasteiger partial charge in [-0.3, -0.25) is 4.79 Å². The maximum Gasteiger partial charge on any atom is 0.244 e. The number of aromatic nitrogens is 4. The highest BCUT2D eigenvalue weighted by molar-refractivity contribution is 7.91. The second-order valence-corrected chi connectivity index (χ2v) is 7.81. The molecule has 3 rings (SSSR count). The van der Waals surface area contributed by atoms with Crippen molar-refractivity contribution in [2.75, 3.05) is 11.5 Å². The van der Waals surface area contributed by atoms with Crippen molar-refractivity contribution in [1.29, 1.82) is 0 Å². The zero-order valence-electron chi connectivity index (χ0n) is 13.0. The molecule has 9 nitrogen and oxygen atoms in total. The highest BCUT2D eigenvalue weighted by atomic mass is 32.2. The molecule has 1 aliphatic rings. The molecule has 10 heteroatoms. The number of nitrogens with one attached hydrogen (secondary N) is 1. The molecule has 2 heterocycles. The summed E-state index contributed by atoms with van der Waals surface area (Å²) in [7, 11) is -3.09. The van der Waals surface area contributed by atoms with E-state index in [4.69, 9.17) is 0 Å². The molecule has 0 unspecified atom stereocenters. The lowest BCUT2D eigenvalue weighted by atomic mass is 10.1. The Labute approximate surface area is 138 Å². The average molecular weight is 348 g/mol. The van der Waals surface area contributed by atoms with Crippen LogP contribution in [0.1, 0.15) is 18.9 Å². The van der Waals surface area contributed by atoms with Crippen molar-refractivity contribution in [1.82, 2.24) is 25.6 Å². The van der Waals surface area contributed by atoms with Gasteiger partial charge in [0.25, 0.3) is 0 Å². The molecule has 2 aromatic rings. The summed E-state index contributed by atoms with van der Waals surface area (Å²) < 4.78 is 24.4. The zero-order chi connectivity index (χ0) is 17.2. The fourth-order valence-corrected chi connectivity index (χ4v) is 4.19. The third-order valence-corrected chi connectivity index (χ3v) is 5.58. The van der Waals surface area contributed by atoms with Crippen LogP contribution in [0.4, 0.5) is 0 Å². The van der Waals surface area contributed by atoms with Gasteiger partial charge < -0.3 is 0 Å². The number of benzene rings is 1. The maximum absolute atomic E-state index is 12.0. The number of carbonyl (C=O) groups excluding carboxylic acids is 1. The number of hydrazone groups is 1. The molecule has 1 saturated heterocycles. The number of hydrogen-bond acceptors (Lipinski definition) is 7. The monoisotopic (exact) mass is 348 g/mol. The van der Waals surface area contributed by atoms with Crippen LogP contribution >= 0.6 is 0 Å². The summed E-state index contributed by atoms with van der Waals surface area (Å²) in [5, 5.41) is 15.1. The second-order valence-electron chi connectivity index (χ2n) is 5.58. The van der Waals surface area contributed by atoms with Crippen molar-refractivity contribution in [3.63, 3.8) is 0 Å². The molecule has 1 atom stereocenters. The molecule has 0 spiro atoms. The van der Waals surface area contributed by atoms with E-state index in [1.807, 2.05) is 24.3 Å². The highest BCUT2D eigenvalue weighted by Crippen LogP contribution is 2.18. The molecule has 1 aromatic heterocycles. The van der Waals surface area contributed by atoms with Crippen LogP contribution in [0, 0.1) is 5.92 Å². The highest BCUT2D eigenvalue weighted by Gasteiger charge is 2.32. The quantitative estimate of drug-likeness (QED) is 0.610. The van der Waals surface area contributed by atoms with E-state index >= 15 is 0 Å². The summed E-state index contributed by atoms with van der Waals surface area (Å²) in [6.07, 6.45) is 1.82. The lowest BCUT2D eigenvalue weighted by molar-refractivity contribution is -0.124. The molecule has 1 N–H and O–H groups in total. The van der Waals surface area contributed by atoms with Gasteiger partial charge in [-0.2, -0.15) is 5.10 Å². The number of rotatable bonds is 4. The Hall–Kier alpha value is -2.62. The summed E-state index contributed by atoms with van der Waals surface area (Å²) in [6.45, 7) is 1.75. The van der Waals surface area contributed by atoms with E-state index in [2.05, 4.69) is 26.1 Å². The molecule has 0 radical (unpaired) electrons. The predicted molar refractivity (Wildman–Crippen MR) is 86.3 cm³/mol. The normalized spacial score (nSPS) is 20.0. The first kappa shape index (κ1) is 16.2. The van der Waals surface area contributed by atoms with Gasteiger partial charge in [0.2, 0.25) is 5.91 Å². The topological polar surface area (TPSA) is 119 Å². The van der Waals surface area contributed by atoms with Crippen LogP contribution in [0.2, 0.25) is 0 Å². The molecule has 126 valence electrons. The molecule has 1 amide bonds. The van der Waals surface area contributed by atoms with Gasteiger partial charge in [0, 0.05) is 0 Å². The summed E-state index contributed by atoms with van der Waals surface area (Å²) >= 11 is 0. The summed E-state index contributed by atoms with van der Waals surface area (Å²) in [6, 6.07) is 7.35. The van der Waals surface area contributed by atoms with Gasteiger partial charge in [-0.1, -0.05) is 12.1 Å². The fraction of sp³-hybridized carbons (Fsp3) is 0.357. The lowest BCUT2D eigenvalue weighted by Gasteiger charge is -2.07. The average Bonchev–Trinajstić information content (AvgIpc) is 3.22. The summed E-state index contributed by atoms with van der Waals surface area (Å²) in [4.78, 5) is 12.0. The van der Waals surface area contributed by atoms with Crippen LogP contribution in [0.5, 0.6) is 0 Å². The summed E-state index contributed by atoms with van der Waals surface area (Å²) in [5.74, 6) is -0.949. The van der Waals surface area contributed by atoms with Gasteiger partial charge in [-0.25, -0.2) is 18.5 Å². The number of hydrogen-bond donors (Lipinski definition) is 1. The van der Waals surface area contributed by atoms with Crippen molar-refractivity contribution in [3.8, 4) is 5.69 Å². The van der Waals surface area contributed by atoms with Gasteiger partial charge >= 0.3 is 0 Å². The molecule has 24 heavy (non-hydrogen) atoms. The first-order valence-corrected chi connectivity index (χ1v) is 9.15. The van der Waals surface area contributed by atoms with Crippen LogP contribution in [0.3, 0.4) is 0 Å². The first-order valence-electron chi connectivity index (χ1n) is 7.33. The Morgan fingerprint density at radius 2 is 2.25 bits per heavy atom. The molecular weight excluding hydrogens is 332 g/mol. The summed E-state index contributed by atoms with van der Waals surface area (Å²) in [5.41, 5.74) is 4.61. The molecule has 0 bridgehead atoms. The largest absolute Gasteiger partial charge is 0.273 e. The molecule has 1 aromatic carbocycles. The minimum atomic E-state index is -3.09. The molecule has 1 fully saturated rings. The molecule has 1 aliphatic heterocycles. The Morgan fingerprint density at radius 1 is 1.42 bits per heavy atom. The van der Waals surface area contributed by atoms with E-state index in [0.29, 0.717) is 12.1 Å². The van der Waals surface area contributed by atoms with Crippen LogP contribution in [-0.4, -0.2) is 51.7 Å². The fourth-order valence-electron chi connectivity index (χ4n) is 2.45. The van der Waals surface area contributed by atoms with Crippen molar-refractivity contribution in [2.45, 2.75) is 13.3 Å². The SMILES string of the molecule is C/C(=N/NC(=O)[C@H]1CCS(=O)(=O)C1)c1cccc(-n2cnnn2)c1. The Kier molecular flexibility index (Phi) is 4.38. The minimum Gasteiger partial charge on any atom is -0.273 e. The van der Waals surface area contributed by atoms with Crippen molar-refractivity contribution in [3.05, 3.63) is 36.2 Å². The van der Waals surface area contributed by atoms with Gasteiger partial charge in [-0.05, 0) is 41.5 Å². The Morgan fingerprint density at radius 3 is 2.92 bits per heavy atom. The number of amides is 1. The zero-order valence-corrected chi connectivity index (χ0v) is 13.8. The van der Waals surface area contributed by atoms with E-state index in [0.717, 1.165) is 11.3 Å². The number of nitrogens with zero attached hydrogens (tertiary/aromatic N) is 5. The first-order chi connectivity index (χ1) is 11.4. The van der Waals surface area contributed by atoms with Gasteiger partial charge in [-0.15, -0.1) is 5.10 Å². The van der Waals surface area contributed by atoms with E-state index in [9.17, 15) is 13.2 Å². The Bertz CT molecular complexity index is 876. The van der Waals surface area contributed by atoms with E-state index in [-0.39, 0.29) is 17.4 Å². The number of tetrazole rings is 1. The van der Waals surface area contributed by atoms with Crippen LogP contribution in [-0.2, 0) is 14.6 Å². The maximum atomic E-state index is 12.0. The van der Waals surface area contributed by atoms with Crippen LogP contribution in [0.15, 0.2) is 35.7 Å². The van der Waals surface area contributed by atoms with Crippen LogP contribution < -0.4 is 5.43 Å². The van der Waals surface area contributed by atoms with E-state index in [1.165, 1.54) is 11.0 Å². The van der Waals surface area contributed by atoms with Gasteiger partial charge in [0.15, 0.2) is 9.84 Å². The third-order valence-electron chi connectivity index (χ3n) is 3.81. The molecule has 0 aliphatic carbocycles. The number of sulfone groups is 1. The van der Waals surface area contributed by atoms with Crippen molar-refractivity contribution in [2.24, 2.45) is 11.0 Å². The van der Waals surface area contributed by atoms with Gasteiger partial charge in [0.05, 0.1) is 28.8 Å². The standard InChI is InChI=1S/C14H16N6O3S/c1-10(16-17-14(21)12-5-6-24(22,23)8-12)11-3-2-4-13(7-11)20-9-15-18-19-20/h2-4,7,9,12H,5-6,8H2,1H3,(H,17,21)/b16-10-/t12-/m0/s1. The molecular formula is C14H16N6O3S. The van der Waals surface area contributed by atoms with Crippen molar-refractivity contribution < 1.29 is 13.2 Å². The number of carbonyl (C=O) groups is 1. The van der Waals surface area contributed by atoms with E-state index in [1.54, 1.807) is 6.92 Å². The lowest BCUT2D eigenvalue weighted by Crippen LogP contribution is -2.28. The smallest absolute Gasteiger partial charge is 0.244 e. The Balaban J connectivity index is 1.70. The van der Waals surface area contributed by atoms with Crippen LogP contribution in [0.25, 0.3) is 5.69 Å². The second kappa shape index (κ2) is 6.48. The van der Waals surface area contributed by atoms with Crippen molar-refractivity contribution >= 4 is 21.5 Å². The van der Waals surface area contributed by atoms with E-state index < -0.39 is 15.8 Å². The molecule has 0 saturated carbocycles. The predicted octanol–water partition coefficient (Wildman–Crippen LogP) is -0.0628. The third kappa shape index (κ3) is 3.65.